The summed E-state index contributed by atoms with van der Waals surface area (Å²) >= 11 is 0. The number of guanidine groups is 1. The van der Waals surface area contributed by atoms with Gasteiger partial charge in [-0.2, -0.15) is 0 Å². The van der Waals surface area contributed by atoms with Gasteiger partial charge in [-0.15, -0.1) is 0 Å². The number of ether oxygens (including phenoxy) is 2. The van der Waals surface area contributed by atoms with E-state index in [9.17, 15) is 0 Å². The maximum atomic E-state index is 5.69. The van der Waals surface area contributed by atoms with Crippen molar-refractivity contribution in [2.75, 3.05) is 39.5 Å². The lowest BCUT2D eigenvalue weighted by molar-refractivity contribution is 0.0168. The standard InChI is InChI=1S/C20H33N3O2/c1-3-21-20(23-15-17(2)18-9-5-4-6-10-18)22-12-8-13-24-16-19-11-7-14-25-19/h4-6,9-10,17,19H,3,7-8,11-16H2,1-2H3,(H2,21,22,23). The van der Waals surface area contributed by atoms with E-state index in [-0.39, 0.29) is 0 Å². The van der Waals surface area contributed by atoms with E-state index in [1.807, 2.05) is 6.07 Å². The molecule has 1 heterocycles. The van der Waals surface area contributed by atoms with Crippen LogP contribution in [-0.2, 0) is 9.47 Å². The molecular formula is C20H33N3O2. The molecule has 1 fully saturated rings. The van der Waals surface area contributed by atoms with Crippen LogP contribution in [0.15, 0.2) is 35.3 Å². The zero-order valence-corrected chi connectivity index (χ0v) is 15.7. The number of aliphatic imine (C=N–C) groups is 1. The summed E-state index contributed by atoms with van der Waals surface area (Å²) in [5, 5.41) is 6.69. The molecule has 0 saturated carbocycles. The molecule has 2 atom stereocenters. The Bertz CT molecular complexity index is 487. The Morgan fingerprint density at radius 1 is 1.32 bits per heavy atom. The second-order valence-corrected chi connectivity index (χ2v) is 6.52. The van der Waals surface area contributed by atoms with Gasteiger partial charge in [0.25, 0.3) is 0 Å². The normalized spacial score (nSPS) is 19.0. The van der Waals surface area contributed by atoms with Crippen molar-refractivity contribution in [2.24, 2.45) is 4.99 Å². The van der Waals surface area contributed by atoms with E-state index in [4.69, 9.17) is 14.5 Å². The zero-order valence-electron chi connectivity index (χ0n) is 15.7. The number of hydrogen-bond donors (Lipinski definition) is 2. The van der Waals surface area contributed by atoms with Crippen LogP contribution in [0.25, 0.3) is 0 Å². The second kappa shape index (κ2) is 11.9. The maximum Gasteiger partial charge on any atom is 0.191 e. The molecule has 1 aliphatic rings. The SMILES string of the molecule is CCNC(=NCC(C)c1ccccc1)NCCCOCC1CCCO1. The smallest absolute Gasteiger partial charge is 0.191 e. The van der Waals surface area contributed by atoms with Crippen molar-refractivity contribution in [3.8, 4) is 0 Å². The van der Waals surface area contributed by atoms with Gasteiger partial charge in [0, 0.05) is 38.8 Å². The molecule has 1 aromatic carbocycles. The molecule has 5 nitrogen and oxygen atoms in total. The van der Waals surface area contributed by atoms with E-state index < -0.39 is 0 Å². The molecule has 5 heteroatoms. The Kier molecular flexibility index (Phi) is 9.37. The molecule has 0 radical (unpaired) electrons. The van der Waals surface area contributed by atoms with Gasteiger partial charge in [0.2, 0.25) is 0 Å². The fraction of sp³-hybridized carbons (Fsp3) is 0.650. The Morgan fingerprint density at radius 2 is 2.16 bits per heavy atom. The average molecular weight is 348 g/mol. The quantitative estimate of drug-likeness (QED) is 0.388. The first kappa shape index (κ1) is 19.7. The summed E-state index contributed by atoms with van der Waals surface area (Å²) in [6.07, 6.45) is 3.58. The Labute approximate surface area is 152 Å². The molecule has 1 saturated heterocycles. The number of hydrogen-bond acceptors (Lipinski definition) is 3. The number of rotatable bonds is 10. The van der Waals surface area contributed by atoms with Crippen LogP contribution >= 0.6 is 0 Å². The monoisotopic (exact) mass is 347 g/mol. The first-order valence-corrected chi connectivity index (χ1v) is 9.56. The molecule has 2 unspecified atom stereocenters. The van der Waals surface area contributed by atoms with Crippen LogP contribution < -0.4 is 10.6 Å². The second-order valence-electron chi connectivity index (χ2n) is 6.52. The Balaban J connectivity index is 1.63. The third kappa shape index (κ3) is 7.88. The number of nitrogens with one attached hydrogen (secondary N) is 2. The predicted octanol–water partition coefficient (Wildman–Crippen LogP) is 2.93. The highest BCUT2D eigenvalue weighted by Crippen LogP contribution is 2.14. The first-order valence-electron chi connectivity index (χ1n) is 9.56. The van der Waals surface area contributed by atoms with Crippen LogP contribution in [-0.4, -0.2) is 51.5 Å². The van der Waals surface area contributed by atoms with E-state index in [1.165, 1.54) is 12.0 Å². The lowest BCUT2D eigenvalue weighted by Crippen LogP contribution is -2.38. The van der Waals surface area contributed by atoms with E-state index in [2.05, 4.69) is 48.7 Å². The van der Waals surface area contributed by atoms with Gasteiger partial charge in [-0.3, -0.25) is 4.99 Å². The van der Waals surface area contributed by atoms with Crippen molar-refractivity contribution in [3.63, 3.8) is 0 Å². The van der Waals surface area contributed by atoms with Crippen LogP contribution in [0, 0.1) is 0 Å². The minimum Gasteiger partial charge on any atom is -0.379 e. The van der Waals surface area contributed by atoms with Crippen molar-refractivity contribution < 1.29 is 9.47 Å². The average Bonchev–Trinajstić information content (AvgIpc) is 3.16. The lowest BCUT2D eigenvalue weighted by Gasteiger charge is -2.14. The molecule has 0 amide bonds. The van der Waals surface area contributed by atoms with Gasteiger partial charge in [0.1, 0.15) is 0 Å². The van der Waals surface area contributed by atoms with Crippen molar-refractivity contribution in [2.45, 2.75) is 45.1 Å². The molecule has 2 rings (SSSR count). The van der Waals surface area contributed by atoms with E-state index >= 15 is 0 Å². The topological polar surface area (TPSA) is 54.9 Å². The van der Waals surface area contributed by atoms with Crippen LogP contribution in [0.3, 0.4) is 0 Å². The molecule has 1 aliphatic heterocycles. The van der Waals surface area contributed by atoms with Crippen LogP contribution in [0.4, 0.5) is 0 Å². The molecule has 0 spiro atoms. The highest BCUT2D eigenvalue weighted by atomic mass is 16.5. The zero-order chi connectivity index (χ0) is 17.7. The fourth-order valence-electron chi connectivity index (χ4n) is 2.83. The van der Waals surface area contributed by atoms with Crippen LogP contribution in [0.5, 0.6) is 0 Å². The summed E-state index contributed by atoms with van der Waals surface area (Å²) in [4.78, 5) is 4.70. The lowest BCUT2D eigenvalue weighted by atomic mass is 10.0. The molecular weight excluding hydrogens is 314 g/mol. The summed E-state index contributed by atoms with van der Waals surface area (Å²) < 4.78 is 11.2. The highest BCUT2D eigenvalue weighted by molar-refractivity contribution is 5.79. The van der Waals surface area contributed by atoms with Gasteiger partial charge in [0.05, 0.1) is 12.7 Å². The van der Waals surface area contributed by atoms with Gasteiger partial charge in [0.15, 0.2) is 5.96 Å². The van der Waals surface area contributed by atoms with E-state index in [0.717, 1.165) is 58.3 Å². The largest absolute Gasteiger partial charge is 0.379 e. The van der Waals surface area contributed by atoms with Crippen molar-refractivity contribution in [1.82, 2.24) is 10.6 Å². The number of benzene rings is 1. The molecule has 0 aromatic heterocycles. The summed E-state index contributed by atoms with van der Waals surface area (Å²) in [5.41, 5.74) is 1.32. The minimum absolute atomic E-state index is 0.311. The third-order valence-electron chi connectivity index (χ3n) is 4.32. The summed E-state index contributed by atoms with van der Waals surface area (Å²) in [6.45, 7) is 9.16. The molecule has 0 aliphatic carbocycles. The number of nitrogens with zero attached hydrogens (tertiary/aromatic N) is 1. The molecule has 140 valence electrons. The van der Waals surface area contributed by atoms with Crippen LogP contribution in [0.2, 0.25) is 0 Å². The van der Waals surface area contributed by atoms with Crippen molar-refractivity contribution in [1.29, 1.82) is 0 Å². The van der Waals surface area contributed by atoms with Gasteiger partial charge >= 0.3 is 0 Å². The van der Waals surface area contributed by atoms with Gasteiger partial charge < -0.3 is 20.1 Å². The summed E-state index contributed by atoms with van der Waals surface area (Å²) in [5.74, 6) is 1.29. The molecule has 1 aromatic rings. The molecule has 2 N–H and O–H groups in total. The maximum absolute atomic E-state index is 5.69. The highest BCUT2D eigenvalue weighted by Gasteiger charge is 2.14. The van der Waals surface area contributed by atoms with Gasteiger partial charge in [-0.05, 0) is 31.7 Å². The molecule has 0 bridgehead atoms. The summed E-state index contributed by atoms with van der Waals surface area (Å²) in [7, 11) is 0. The Hall–Kier alpha value is -1.59. The van der Waals surface area contributed by atoms with Crippen molar-refractivity contribution in [3.05, 3.63) is 35.9 Å². The Morgan fingerprint density at radius 3 is 2.88 bits per heavy atom. The van der Waals surface area contributed by atoms with Crippen molar-refractivity contribution >= 4 is 5.96 Å². The first-order chi connectivity index (χ1) is 12.3. The van der Waals surface area contributed by atoms with E-state index in [1.54, 1.807) is 0 Å². The minimum atomic E-state index is 0.311. The third-order valence-corrected chi connectivity index (χ3v) is 4.32. The van der Waals surface area contributed by atoms with Gasteiger partial charge in [-0.25, -0.2) is 0 Å². The summed E-state index contributed by atoms with van der Waals surface area (Å²) in [6, 6.07) is 10.5. The predicted molar refractivity (Wildman–Crippen MR) is 103 cm³/mol. The van der Waals surface area contributed by atoms with E-state index in [0.29, 0.717) is 12.0 Å². The molecule has 25 heavy (non-hydrogen) atoms. The van der Waals surface area contributed by atoms with Gasteiger partial charge in [-0.1, -0.05) is 37.3 Å². The van der Waals surface area contributed by atoms with Crippen LogP contribution in [0.1, 0.15) is 44.6 Å². The fourth-order valence-corrected chi connectivity index (χ4v) is 2.83.